The number of nitro groups is 1. The Labute approximate surface area is 231 Å². The van der Waals surface area contributed by atoms with Crippen molar-refractivity contribution in [2.45, 2.75) is 19.8 Å². The maximum atomic E-state index is 12.3. The lowest BCUT2D eigenvalue weighted by Gasteiger charge is -2.09. The molecule has 0 amide bonds. The largest absolute Gasteiger partial charge is 0.494 e. The molecule has 9 heteroatoms. The number of non-ortho nitro benzene ring substituents is 1. The van der Waals surface area contributed by atoms with Crippen LogP contribution in [-0.4, -0.2) is 30.1 Å². The van der Waals surface area contributed by atoms with Crippen molar-refractivity contribution in [2.24, 2.45) is 0 Å². The van der Waals surface area contributed by atoms with Gasteiger partial charge in [-0.3, -0.25) is 10.1 Å². The number of carbonyl (C=O) groups excluding carboxylic acids is 2. The summed E-state index contributed by atoms with van der Waals surface area (Å²) in [6.45, 7) is 2.93. The van der Waals surface area contributed by atoms with E-state index in [-0.39, 0.29) is 11.4 Å². The molecule has 204 valence electrons. The molecule has 0 aliphatic carbocycles. The molecule has 0 spiro atoms. The van der Waals surface area contributed by atoms with Crippen LogP contribution >= 0.6 is 0 Å². The van der Waals surface area contributed by atoms with Crippen LogP contribution in [0.5, 0.6) is 23.0 Å². The Morgan fingerprint density at radius 3 is 1.38 bits per heavy atom. The van der Waals surface area contributed by atoms with E-state index in [0.29, 0.717) is 41.6 Å². The smallest absolute Gasteiger partial charge is 0.343 e. The summed E-state index contributed by atoms with van der Waals surface area (Å²) in [6, 6.07) is 25.9. The Hall–Kier alpha value is -5.18. The zero-order valence-corrected chi connectivity index (χ0v) is 21.8. The highest BCUT2D eigenvalue weighted by atomic mass is 16.6. The molecule has 0 radical (unpaired) electrons. The first kappa shape index (κ1) is 27.8. The molecule has 0 fully saturated rings. The standard InChI is InChI=1S/C31H27NO8/c1-22-4-12-28(13-5-22)39-30(33)23-6-14-26(15-7-23)37-20-2-3-21-38-27-16-8-24(9-17-27)31(34)40-29-18-10-25(11-19-29)32(35)36/h4-19H,2-3,20-21H2,1H3. The quantitative estimate of drug-likeness (QED) is 0.0650. The summed E-state index contributed by atoms with van der Waals surface area (Å²) in [5.41, 5.74) is 1.77. The first-order chi connectivity index (χ1) is 19.4. The molecule has 0 aliphatic heterocycles. The number of hydrogen-bond acceptors (Lipinski definition) is 8. The zero-order chi connectivity index (χ0) is 28.3. The van der Waals surface area contributed by atoms with E-state index in [4.69, 9.17) is 18.9 Å². The Morgan fingerprint density at radius 1 is 0.600 bits per heavy atom. The van der Waals surface area contributed by atoms with E-state index in [1.165, 1.54) is 24.3 Å². The summed E-state index contributed by atoms with van der Waals surface area (Å²) in [5, 5.41) is 10.7. The third-order valence-electron chi connectivity index (χ3n) is 5.75. The first-order valence-electron chi connectivity index (χ1n) is 12.6. The normalized spacial score (nSPS) is 10.4. The van der Waals surface area contributed by atoms with Crippen molar-refractivity contribution in [2.75, 3.05) is 13.2 Å². The zero-order valence-electron chi connectivity index (χ0n) is 21.8. The van der Waals surface area contributed by atoms with E-state index in [0.717, 1.165) is 18.4 Å². The Bertz CT molecular complexity index is 1430. The Morgan fingerprint density at radius 2 is 0.975 bits per heavy atom. The molecule has 0 heterocycles. The number of esters is 2. The lowest BCUT2D eigenvalue weighted by Crippen LogP contribution is -2.08. The van der Waals surface area contributed by atoms with Gasteiger partial charge in [0.1, 0.15) is 23.0 Å². The summed E-state index contributed by atoms with van der Waals surface area (Å²) in [6.07, 6.45) is 1.52. The van der Waals surface area contributed by atoms with Crippen molar-refractivity contribution in [3.05, 3.63) is 124 Å². The van der Waals surface area contributed by atoms with E-state index in [9.17, 15) is 19.7 Å². The van der Waals surface area contributed by atoms with Crippen molar-refractivity contribution >= 4 is 17.6 Å². The highest BCUT2D eigenvalue weighted by Gasteiger charge is 2.11. The summed E-state index contributed by atoms with van der Waals surface area (Å²) in [4.78, 5) is 34.8. The molecule has 0 N–H and O–H groups in total. The van der Waals surface area contributed by atoms with Gasteiger partial charge in [-0.1, -0.05) is 17.7 Å². The predicted octanol–water partition coefficient (Wildman–Crippen LogP) is 6.58. The predicted molar refractivity (Wildman–Crippen MR) is 147 cm³/mol. The molecule has 4 aromatic rings. The first-order valence-corrected chi connectivity index (χ1v) is 12.6. The SMILES string of the molecule is Cc1ccc(OC(=O)c2ccc(OCCCCOc3ccc(C(=O)Oc4ccc([N+](=O)[O-])cc4)cc3)cc2)cc1. The summed E-state index contributed by atoms with van der Waals surface area (Å²) in [5.74, 6) is 0.978. The fourth-order valence-corrected chi connectivity index (χ4v) is 3.53. The second-order valence-corrected chi connectivity index (χ2v) is 8.80. The van der Waals surface area contributed by atoms with Crippen LogP contribution in [0.1, 0.15) is 39.1 Å². The van der Waals surface area contributed by atoms with Crippen molar-refractivity contribution in [1.29, 1.82) is 0 Å². The minimum absolute atomic E-state index is 0.0834. The summed E-state index contributed by atoms with van der Waals surface area (Å²) >= 11 is 0. The number of rotatable bonds is 12. The van der Waals surface area contributed by atoms with Crippen LogP contribution in [0.4, 0.5) is 5.69 Å². The van der Waals surface area contributed by atoms with E-state index >= 15 is 0 Å². The second kappa shape index (κ2) is 13.6. The van der Waals surface area contributed by atoms with Gasteiger partial charge in [0.05, 0.1) is 29.3 Å². The van der Waals surface area contributed by atoms with Crippen molar-refractivity contribution in [3.8, 4) is 23.0 Å². The van der Waals surface area contributed by atoms with Crippen LogP contribution in [0.3, 0.4) is 0 Å². The van der Waals surface area contributed by atoms with Gasteiger partial charge < -0.3 is 18.9 Å². The summed E-state index contributed by atoms with van der Waals surface area (Å²) < 4.78 is 22.1. The number of nitrogens with zero attached hydrogens (tertiary/aromatic N) is 1. The van der Waals surface area contributed by atoms with Crippen LogP contribution in [0, 0.1) is 17.0 Å². The van der Waals surface area contributed by atoms with E-state index in [1.807, 2.05) is 19.1 Å². The Balaban J connectivity index is 1.12. The minimum Gasteiger partial charge on any atom is -0.494 e. The van der Waals surface area contributed by atoms with Crippen LogP contribution in [0.2, 0.25) is 0 Å². The lowest BCUT2D eigenvalue weighted by molar-refractivity contribution is -0.384. The van der Waals surface area contributed by atoms with Gasteiger partial charge in [0.2, 0.25) is 0 Å². The minimum atomic E-state index is -0.575. The van der Waals surface area contributed by atoms with Gasteiger partial charge in [-0.15, -0.1) is 0 Å². The average molecular weight is 542 g/mol. The molecular weight excluding hydrogens is 514 g/mol. The van der Waals surface area contributed by atoms with Crippen molar-refractivity contribution < 1.29 is 33.5 Å². The van der Waals surface area contributed by atoms with Crippen molar-refractivity contribution in [1.82, 2.24) is 0 Å². The fraction of sp³-hybridized carbons (Fsp3) is 0.161. The van der Waals surface area contributed by atoms with E-state index < -0.39 is 16.9 Å². The maximum Gasteiger partial charge on any atom is 0.343 e. The van der Waals surface area contributed by atoms with Gasteiger partial charge in [-0.25, -0.2) is 9.59 Å². The molecule has 0 aromatic heterocycles. The maximum absolute atomic E-state index is 12.3. The number of ether oxygens (including phenoxy) is 4. The molecule has 0 aliphatic rings. The van der Waals surface area contributed by atoms with Crippen molar-refractivity contribution in [3.63, 3.8) is 0 Å². The highest BCUT2D eigenvalue weighted by Crippen LogP contribution is 2.20. The van der Waals surface area contributed by atoms with E-state index in [2.05, 4.69) is 0 Å². The van der Waals surface area contributed by atoms with Gasteiger partial charge in [0.25, 0.3) is 5.69 Å². The number of nitro benzene ring substituents is 1. The van der Waals surface area contributed by atoms with E-state index in [1.54, 1.807) is 60.7 Å². The van der Waals surface area contributed by atoms with Gasteiger partial charge >= 0.3 is 11.9 Å². The molecule has 4 rings (SSSR count). The van der Waals surface area contributed by atoms with Gasteiger partial charge in [0.15, 0.2) is 0 Å². The molecule has 0 atom stereocenters. The van der Waals surface area contributed by atoms with Crippen LogP contribution in [0.15, 0.2) is 97.1 Å². The lowest BCUT2D eigenvalue weighted by atomic mass is 10.2. The van der Waals surface area contributed by atoms with Crippen LogP contribution in [-0.2, 0) is 0 Å². The third-order valence-corrected chi connectivity index (χ3v) is 5.75. The van der Waals surface area contributed by atoms with Gasteiger partial charge in [-0.2, -0.15) is 0 Å². The molecule has 4 aromatic carbocycles. The third kappa shape index (κ3) is 8.16. The molecule has 40 heavy (non-hydrogen) atoms. The van der Waals surface area contributed by atoms with Crippen LogP contribution in [0.25, 0.3) is 0 Å². The highest BCUT2D eigenvalue weighted by molar-refractivity contribution is 5.91. The molecule has 0 saturated carbocycles. The van der Waals surface area contributed by atoms with Gasteiger partial charge in [0, 0.05) is 12.1 Å². The Kier molecular flexibility index (Phi) is 9.44. The number of carbonyl (C=O) groups is 2. The average Bonchev–Trinajstić information content (AvgIpc) is 2.97. The molecule has 0 bridgehead atoms. The second-order valence-electron chi connectivity index (χ2n) is 8.80. The topological polar surface area (TPSA) is 114 Å². The monoisotopic (exact) mass is 541 g/mol. The van der Waals surface area contributed by atoms with Gasteiger partial charge in [-0.05, 0) is 92.6 Å². The number of benzene rings is 4. The molecular formula is C31H27NO8. The number of hydrogen-bond donors (Lipinski definition) is 0. The van der Waals surface area contributed by atoms with Crippen LogP contribution < -0.4 is 18.9 Å². The molecule has 0 unspecified atom stereocenters. The molecule has 9 nitrogen and oxygen atoms in total. The number of unbranched alkanes of at least 4 members (excludes halogenated alkanes) is 1. The summed E-state index contributed by atoms with van der Waals surface area (Å²) in [7, 11) is 0. The number of aryl methyl sites for hydroxylation is 1. The molecule has 0 saturated heterocycles. The fourth-order valence-electron chi connectivity index (χ4n) is 3.53.